The molecule has 2 aromatic carbocycles. The molecule has 0 aliphatic rings. The number of halogens is 6. The minimum Gasteiger partial charge on any atom is -0.406 e. The summed E-state index contributed by atoms with van der Waals surface area (Å²) in [5.74, 6) is -1.26. The molecule has 1 amide bonds. The number of aromatic nitrogens is 2. The number of hydrogen-bond donors (Lipinski definition) is 1. The van der Waals surface area contributed by atoms with E-state index in [1.807, 2.05) is 0 Å². The number of carbonyl (C=O) groups excluding carboxylic acids is 1. The van der Waals surface area contributed by atoms with Crippen molar-refractivity contribution in [2.24, 2.45) is 0 Å². The van der Waals surface area contributed by atoms with Crippen LogP contribution >= 0.6 is 0 Å². The number of nitrogens with zero attached hydrogens (tertiary/aromatic N) is 2. The average Bonchev–Trinajstić information content (AvgIpc) is 2.67. The molecule has 0 saturated carbocycles. The maximum Gasteiger partial charge on any atom is 0.573 e. The van der Waals surface area contributed by atoms with Crippen LogP contribution < -0.4 is 15.7 Å². The zero-order chi connectivity index (χ0) is 23.7. The first-order valence-corrected chi connectivity index (χ1v) is 9.15. The highest BCUT2D eigenvalue weighted by atomic mass is 19.4. The van der Waals surface area contributed by atoms with Gasteiger partial charge in [-0.15, -0.1) is 13.2 Å². The number of hydrogen-bond acceptors (Lipinski definition) is 4. The third-order valence-electron chi connectivity index (χ3n) is 4.32. The van der Waals surface area contributed by atoms with Gasteiger partial charge in [-0.05, 0) is 35.9 Å². The zero-order valence-electron chi connectivity index (χ0n) is 16.3. The first kappa shape index (κ1) is 23.1. The molecule has 12 heteroatoms. The Bertz CT molecular complexity index is 1220. The number of aryl methyl sites for hydroxylation is 1. The van der Waals surface area contributed by atoms with Crippen LogP contribution in [0.1, 0.15) is 23.9 Å². The van der Waals surface area contributed by atoms with Gasteiger partial charge in [-0.2, -0.15) is 13.2 Å². The van der Waals surface area contributed by atoms with Crippen molar-refractivity contribution in [3.63, 3.8) is 0 Å². The summed E-state index contributed by atoms with van der Waals surface area (Å²) < 4.78 is 80.5. The molecule has 0 unspecified atom stereocenters. The molecule has 6 nitrogen and oxygen atoms in total. The van der Waals surface area contributed by atoms with Crippen molar-refractivity contribution < 1.29 is 35.9 Å². The molecule has 0 saturated heterocycles. The SMILES string of the molecule is CCc1nc2cc(C(F)(F)F)ccc2c(=O)n1NC(=O)Cc1cccc(OC(F)(F)F)c1. The number of alkyl halides is 6. The van der Waals surface area contributed by atoms with Gasteiger partial charge in [0.15, 0.2) is 0 Å². The Kier molecular flexibility index (Phi) is 6.15. The first-order valence-electron chi connectivity index (χ1n) is 9.15. The van der Waals surface area contributed by atoms with Gasteiger partial charge < -0.3 is 4.74 Å². The van der Waals surface area contributed by atoms with E-state index in [4.69, 9.17) is 0 Å². The van der Waals surface area contributed by atoms with E-state index >= 15 is 0 Å². The molecular formula is C20H15F6N3O3. The molecule has 0 spiro atoms. The molecule has 170 valence electrons. The van der Waals surface area contributed by atoms with Crippen LogP contribution in [-0.2, 0) is 23.8 Å². The van der Waals surface area contributed by atoms with Gasteiger partial charge in [-0.1, -0.05) is 19.1 Å². The van der Waals surface area contributed by atoms with Crippen molar-refractivity contribution in [1.29, 1.82) is 0 Å². The van der Waals surface area contributed by atoms with E-state index in [1.165, 1.54) is 12.1 Å². The van der Waals surface area contributed by atoms with Crippen molar-refractivity contribution in [2.75, 3.05) is 5.43 Å². The molecule has 32 heavy (non-hydrogen) atoms. The molecule has 3 aromatic rings. The quantitative estimate of drug-likeness (QED) is 0.581. The molecule has 0 atom stereocenters. The lowest BCUT2D eigenvalue weighted by atomic mass is 10.1. The van der Waals surface area contributed by atoms with Crippen LogP contribution in [0.25, 0.3) is 10.9 Å². The number of benzene rings is 2. The molecular weight excluding hydrogens is 444 g/mol. The predicted octanol–water partition coefficient (Wildman–Crippen LogP) is 4.19. The molecule has 0 radical (unpaired) electrons. The maximum atomic E-state index is 12.9. The minimum absolute atomic E-state index is 0.00401. The van der Waals surface area contributed by atoms with E-state index in [-0.39, 0.29) is 28.7 Å². The molecule has 0 bridgehead atoms. The maximum absolute atomic E-state index is 12.9. The van der Waals surface area contributed by atoms with Gasteiger partial charge in [0.2, 0.25) is 5.91 Å². The summed E-state index contributed by atoms with van der Waals surface area (Å²) in [6, 6.07) is 7.19. The van der Waals surface area contributed by atoms with Crippen molar-refractivity contribution in [1.82, 2.24) is 9.66 Å². The minimum atomic E-state index is -4.90. The second-order valence-corrected chi connectivity index (χ2v) is 6.66. The second kappa shape index (κ2) is 8.52. The van der Waals surface area contributed by atoms with Crippen LogP contribution in [0.3, 0.4) is 0 Å². The summed E-state index contributed by atoms with van der Waals surface area (Å²) in [5.41, 5.74) is 0.544. The van der Waals surface area contributed by atoms with Crippen LogP contribution in [-0.4, -0.2) is 21.9 Å². The number of amides is 1. The highest BCUT2D eigenvalue weighted by Gasteiger charge is 2.32. The fraction of sp³-hybridized carbons (Fsp3) is 0.250. The Morgan fingerprint density at radius 3 is 2.44 bits per heavy atom. The normalized spacial score (nSPS) is 12.1. The highest BCUT2D eigenvalue weighted by molar-refractivity contribution is 5.86. The number of fused-ring (bicyclic) bond motifs is 1. The summed E-state index contributed by atoms with van der Waals surface area (Å²) >= 11 is 0. The Balaban J connectivity index is 1.88. The van der Waals surface area contributed by atoms with Gasteiger partial charge in [-0.25, -0.2) is 9.66 Å². The summed E-state index contributed by atoms with van der Waals surface area (Å²) in [6.45, 7) is 1.59. The fourth-order valence-corrected chi connectivity index (χ4v) is 2.96. The van der Waals surface area contributed by atoms with Crippen molar-refractivity contribution in [3.05, 3.63) is 69.8 Å². The van der Waals surface area contributed by atoms with Gasteiger partial charge in [-0.3, -0.25) is 15.0 Å². The molecule has 0 aliphatic heterocycles. The molecule has 1 N–H and O–H groups in total. The van der Waals surface area contributed by atoms with E-state index in [0.29, 0.717) is 0 Å². The summed E-state index contributed by atoms with van der Waals surface area (Å²) in [7, 11) is 0. The van der Waals surface area contributed by atoms with Crippen LogP contribution in [0.2, 0.25) is 0 Å². The highest BCUT2D eigenvalue weighted by Crippen LogP contribution is 2.30. The van der Waals surface area contributed by atoms with E-state index in [9.17, 15) is 35.9 Å². The first-order chi connectivity index (χ1) is 14.9. The average molecular weight is 459 g/mol. The summed E-state index contributed by atoms with van der Waals surface area (Å²) in [4.78, 5) is 29.2. The Morgan fingerprint density at radius 2 is 1.81 bits per heavy atom. The third kappa shape index (κ3) is 5.37. The lowest BCUT2D eigenvalue weighted by Gasteiger charge is -2.15. The molecule has 1 aromatic heterocycles. The predicted molar refractivity (Wildman–Crippen MR) is 102 cm³/mol. The zero-order valence-corrected chi connectivity index (χ0v) is 16.3. The monoisotopic (exact) mass is 459 g/mol. The molecule has 1 heterocycles. The molecule has 0 aliphatic carbocycles. The van der Waals surface area contributed by atoms with Gasteiger partial charge in [0.1, 0.15) is 11.6 Å². The van der Waals surface area contributed by atoms with Crippen LogP contribution in [0.4, 0.5) is 26.3 Å². The fourth-order valence-electron chi connectivity index (χ4n) is 2.96. The number of carbonyl (C=O) groups is 1. The van der Waals surface area contributed by atoms with Crippen LogP contribution in [0.5, 0.6) is 5.75 Å². The van der Waals surface area contributed by atoms with Gasteiger partial charge in [0.05, 0.1) is 22.9 Å². The topological polar surface area (TPSA) is 73.2 Å². The van der Waals surface area contributed by atoms with E-state index < -0.39 is 41.7 Å². The number of ether oxygens (including phenoxy) is 1. The van der Waals surface area contributed by atoms with Crippen molar-refractivity contribution in [3.8, 4) is 5.75 Å². The number of nitrogens with one attached hydrogen (secondary N) is 1. The lowest BCUT2D eigenvalue weighted by Crippen LogP contribution is -2.37. The van der Waals surface area contributed by atoms with Gasteiger partial charge in [0, 0.05) is 6.42 Å². The van der Waals surface area contributed by atoms with E-state index in [1.54, 1.807) is 6.92 Å². The van der Waals surface area contributed by atoms with Crippen LogP contribution in [0.15, 0.2) is 47.3 Å². The second-order valence-electron chi connectivity index (χ2n) is 6.66. The van der Waals surface area contributed by atoms with E-state index in [2.05, 4.69) is 15.1 Å². The van der Waals surface area contributed by atoms with Crippen LogP contribution in [0, 0.1) is 0 Å². The van der Waals surface area contributed by atoms with Crippen molar-refractivity contribution in [2.45, 2.75) is 32.3 Å². The Labute approximate surface area is 176 Å². The summed E-state index contributed by atoms with van der Waals surface area (Å²) in [6.07, 6.45) is -9.80. The third-order valence-corrected chi connectivity index (χ3v) is 4.32. The van der Waals surface area contributed by atoms with Gasteiger partial charge in [0.25, 0.3) is 5.56 Å². The molecule has 3 rings (SSSR count). The van der Waals surface area contributed by atoms with Crippen molar-refractivity contribution >= 4 is 16.8 Å². The van der Waals surface area contributed by atoms with E-state index in [0.717, 1.165) is 35.0 Å². The number of rotatable bonds is 5. The largest absolute Gasteiger partial charge is 0.573 e. The summed E-state index contributed by atoms with van der Waals surface area (Å²) in [5, 5.41) is -0.143. The van der Waals surface area contributed by atoms with Gasteiger partial charge >= 0.3 is 12.5 Å². The Morgan fingerprint density at radius 1 is 1.09 bits per heavy atom. The molecule has 0 fully saturated rings. The Hall–Kier alpha value is -3.57. The smallest absolute Gasteiger partial charge is 0.406 e. The standard InChI is InChI=1S/C20H15F6N3O3/c1-2-16-27-15-10-12(19(21,22)23)6-7-14(15)18(31)29(16)28-17(30)9-11-4-3-5-13(8-11)32-20(24,25)26/h3-8,10H,2,9H2,1H3,(H,28,30). The lowest BCUT2D eigenvalue weighted by molar-refractivity contribution is -0.274.